The summed E-state index contributed by atoms with van der Waals surface area (Å²) in [5.74, 6) is 0.977. The molecule has 1 unspecified atom stereocenters. The van der Waals surface area contributed by atoms with E-state index < -0.39 is 16.6 Å². The largest absolute Gasteiger partial charge is 0.502 e. The van der Waals surface area contributed by atoms with E-state index >= 15 is 0 Å². The van der Waals surface area contributed by atoms with Gasteiger partial charge in [-0.1, -0.05) is 43.3 Å². The smallest absolute Gasteiger partial charge is 0.271 e. The molecule has 0 aliphatic heterocycles. The zero-order chi connectivity index (χ0) is 24.2. The van der Waals surface area contributed by atoms with Gasteiger partial charge in [-0.25, -0.2) is 0 Å². The Hall–Kier alpha value is -4.26. The number of aromatic hydroxyl groups is 1. The number of hydrogen-bond acceptors (Lipinski definition) is 7. The quantitative estimate of drug-likeness (QED) is 0.352. The number of nitrogens with zero attached hydrogens (tertiary/aromatic N) is 1. The summed E-state index contributed by atoms with van der Waals surface area (Å²) in [5.41, 5.74) is 1.77. The molecule has 174 valence electrons. The lowest BCUT2D eigenvalue weighted by atomic mass is 10.00. The van der Waals surface area contributed by atoms with Crippen LogP contribution in [0.2, 0.25) is 0 Å². The third-order valence-electron chi connectivity index (χ3n) is 5.82. The molecular formula is C27H26N2O5. The summed E-state index contributed by atoms with van der Waals surface area (Å²) in [6.45, 7) is 2.80. The van der Waals surface area contributed by atoms with E-state index in [1.807, 2.05) is 54.6 Å². The van der Waals surface area contributed by atoms with Crippen LogP contribution in [0.3, 0.4) is 0 Å². The maximum Gasteiger partial charge on any atom is 0.271 e. The van der Waals surface area contributed by atoms with Gasteiger partial charge in [0.2, 0.25) is 0 Å². The molecule has 2 N–H and O–H groups in total. The monoisotopic (exact) mass is 458 g/mol. The Morgan fingerprint density at radius 2 is 1.68 bits per heavy atom. The van der Waals surface area contributed by atoms with E-state index in [4.69, 9.17) is 9.47 Å². The third-order valence-corrected chi connectivity index (χ3v) is 5.82. The molecule has 7 nitrogen and oxygen atoms in total. The van der Waals surface area contributed by atoms with Crippen LogP contribution in [0.15, 0.2) is 82.4 Å². The minimum absolute atomic E-state index is 0.0895. The Labute approximate surface area is 197 Å². The lowest BCUT2D eigenvalue weighted by Crippen LogP contribution is -2.32. The van der Waals surface area contributed by atoms with Crippen LogP contribution in [0.4, 0.5) is 22.7 Å². The van der Waals surface area contributed by atoms with Crippen LogP contribution in [0, 0.1) is 0 Å². The van der Waals surface area contributed by atoms with Crippen LogP contribution in [-0.2, 0) is 0 Å². The average molecular weight is 459 g/mol. The molecule has 0 aromatic heterocycles. The molecule has 0 radical (unpaired) electrons. The van der Waals surface area contributed by atoms with Crippen molar-refractivity contribution in [3.8, 4) is 17.2 Å². The highest BCUT2D eigenvalue weighted by molar-refractivity contribution is 5.76. The minimum atomic E-state index is -0.875. The van der Waals surface area contributed by atoms with Gasteiger partial charge in [0.05, 0.1) is 19.9 Å². The van der Waals surface area contributed by atoms with E-state index in [1.54, 1.807) is 20.3 Å². The molecule has 4 aromatic carbocycles. The van der Waals surface area contributed by atoms with Crippen LogP contribution < -0.4 is 30.5 Å². The summed E-state index contributed by atoms with van der Waals surface area (Å²) in [7, 11) is 3.22. The van der Waals surface area contributed by atoms with Gasteiger partial charge in [-0.3, -0.25) is 9.59 Å². The van der Waals surface area contributed by atoms with Gasteiger partial charge in [0.15, 0.2) is 5.75 Å². The van der Waals surface area contributed by atoms with Gasteiger partial charge in [-0.15, -0.1) is 0 Å². The first-order chi connectivity index (χ1) is 16.4. The number of benzene rings is 3. The second kappa shape index (κ2) is 9.70. The first kappa shape index (κ1) is 22.9. The Morgan fingerprint density at radius 1 is 0.912 bits per heavy atom. The standard InChI is InChI=1S/C27H26N2O5/c1-17(18-8-5-4-6-9-18)16-29(22-13-12-21(33-2)15-23(22)34-3)20-11-7-10-19(14-20)28-24-25(30)27(32)26(24)31/h4-15,17,28,30H,16H2,1-3H3. The molecule has 0 saturated carbocycles. The molecule has 0 aliphatic rings. The Kier molecular flexibility index (Phi) is 6.54. The van der Waals surface area contributed by atoms with Crippen LogP contribution in [-0.4, -0.2) is 25.9 Å². The summed E-state index contributed by atoms with van der Waals surface area (Å²) >= 11 is 0. The summed E-state index contributed by atoms with van der Waals surface area (Å²) < 4.78 is 11.0. The van der Waals surface area contributed by atoms with E-state index in [1.165, 1.54) is 5.56 Å². The zero-order valence-electron chi connectivity index (χ0n) is 19.2. The highest BCUT2D eigenvalue weighted by atomic mass is 16.5. The molecule has 0 aliphatic carbocycles. The predicted molar refractivity (Wildman–Crippen MR) is 134 cm³/mol. The topological polar surface area (TPSA) is 88.1 Å². The van der Waals surface area contributed by atoms with E-state index in [0.29, 0.717) is 23.7 Å². The maximum absolute atomic E-state index is 11.8. The van der Waals surface area contributed by atoms with Gasteiger partial charge in [0.25, 0.3) is 10.9 Å². The van der Waals surface area contributed by atoms with Gasteiger partial charge in [-0.2, -0.15) is 0 Å². The number of ether oxygens (including phenoxy) is 2. The molecule has 1 atom stereocenters. The molecule has 0 bridgehead atoms. The SMILES string of the molecule is COc1ccc(N(CC(C)c2ccccc2)c2cccc(Nc3c(O)c(=O)c3=O)c2)c(OC)c1. The van der Waals surface area contributed by atoms with Gasteiger partial charge in [-0.05, 0) is 41.8 Å². The van der Waals surface area contributed by atoms with Gasteiger partial charge < -0.3 is 24.8 Å². The van der Waals surface area contributed by atoms with Crippen molar-refractivity contribution in [3.05, 3.63) is 98.8 Å². The predicted octanol–water partition coefficient (Wildman–Crippen LogP) is 4.69. The second-order valence-corrected chi connectivity index (χ2v) is 8.02. The molecule has 0 fully saturated rings. The molecule has 0 spiro atoms. The van der Waals surface area contributed by atoms with E-state index in [9.17, 15) is 14.7 Å². The number of nitrogens with one attached hydrogen (secondary N) is 1. The van der Waals surface area contributed by atoms with Crippen molar-refractivity contribution in [2.75, 3.05) is 31.0 Å². The molecule has 4 rings (SSSR count). The first-order valence-corrected chi connectivity index (χ1v) is 10.9. The molecule has 34 heavy (non-hydrogen) atoms. The molecule has 0 amide bonds. The fourth-order valence-corrected chi connectivity index (χ4v) is 3.90. The molecule has 7 heteroatoms. The van der Waals surface area contributed by atoms with Crippen LogP contribution in [0.5, 0.6) is 17.2 Å². The van der Waals surface area contributed by atoms with E-state index in [-0.39, 0.29) is 11.6 Å². The summed E-state index contributed by atoms with van der Waals surface area (Å²) in [4.78, 5) is 25.3. The Morgan fingerprint density at radius 3 is 2.35 bits per heavy atom. The van der Waals surface area contributed by atoms with Crippen molar-refractivity contribution in [1.29, 1.82) is 0 Å². The zero-order valence-corrected chi connectivity index (χ0v) is 19.2. The highest BCUT2D eigenvalue weighted by Crippen LogP contribution is 2.39. The van der Waals surface area contributed by atoms with Crippen molar-refractivity contribution < 1.29 is 14.6 Å². The molecule has 0 heterocycles. The number of methoxy groups -OCH3 is 2. The van der Waals surface area contributed by atoms with Crippen LogP contribution >= 0.6 is 0 Å². The van der Waals surface area contributed by atoms with Crippen molar-refractivity contribution in [2.24, 2.45) is 0 Å². The minimum Gasteiger partial charge on any atom is -0.502 e. The van der Waals surface area contributed by atoms with Crippen molar-refractivity contribution in [2.45, 2.75) is 12.8 Å². The fraction of sp³-hybridized carbons (Fsp3) is 0.185. The number of rotatable bonds is 9. The van der Waals surface area contributed by atoms with Gasteiger partial charge in [0.1, 0.15) is 17.2 Å². The molecular weight excluding hydrogens is 432 g/mol. The van der Waals surface area contributed by atoms with Crippen molar-refractivity contribution >= 4 is 22.7 Å². The molecule has 0 saturated heterocycles. The second-order valence-electron chi connectivity index (χ2n) is 8.02. The highest BCUT2D eigenvalue weighted by Gasteiger charge is 2.22. The summed E-state index contributed by atoms with van der Waals surface area (Å²) in [5, 5.41) is 12.6. The average Bonchev–Trinajstić information content (AvgIpc) is 2.89. The lowest BCUT2D eigenvalue weighted by molar-refractivity contribution is 0.394. The van der Waals surface area contributed by atoms with Crippen LogP contribution in [0.1, 0.15) is 18.4 Å². The van der Waals surface area contributed by atoms with E-state index in [2.05, 4.69) is 29.3 Å². The number of hydrogen-bond donors (Lipinski definition) is 2. The van der Waals surface area contributed by atoms with Crippen molar-refractivity contribution in [3.63, 3.8) is 0 Å². The number of anilines is 4. The third kappa shape index (κ3) is 4.45. The summed E-state index contributed by atoms with van der Waals surface area (Å²) in [6.07, 6.45) is 0. The molecule has 4 aromatic rings. The Balaban J connectivity index is 1.74. The van der Waals surface area contributed by atoms with E-state index in [0.717, 1.165) is 11.4 Å². The lowest BCUT2D eigenvalue weighted by Gasteiger charge is -2.30. The maximum atomic E-state index is 11.8. The van der Waals surface area contributed by atoms with Gasteiger partial charge in [0, 0.05) is 24.0 Å². The van der Waals surface area contributed by atoms with Crippen molar-refractivity contribution in [1.82, 2.24) is 0 Å². The fourth-order valence-electron chi connectivity index (χ4n) is 3.90. The summed E-state index contributed by atoms with van der Waals surface area (Å²) in [6, 6.07) is 23.3. The van der Waals surface area contributed by atoms with Crippen LogP contribution in [0.25, 0.3) is 0 Å². The first-order valence-electron chi connectivity index (χ1n) is 10.9. The normalized spacial score (nSPS) is 11.7. The Bertz CT molecular complexity index is 1360. The van der Waals surface area contributed by atoms with Gasteiger partial charge >= 0.3 is 0 Å².